The van der Waals surface area contributed by atoms with E-state index in [1.807, 2.05) is 7.11 Å². The molecule has 0 saturated heterocycles. The average Bonchev–Trinajstić information content (AvgIpc) is 2.54. The van der Waals surface area contributed by atoms with Crippen molar-refractivity contribution >= 4 is 0 Å². The van der Waals surface area contributed by atoms with Crippen LogP contribution in [0.2, 0.25) is 0 Å². The molecule has 0 aromatic heterocycles. The highest BCUT2D eigenvalue weighted by Gasteiger charge is 2.27. The average molecular weight is 185 g/mol. The molecule has 13 heavy (non-hydrogen) atoms. The highest BCUT2D eigenvalue weighted by molar-refractivity contribution is 4.83. The van der Waals surface area contributed by atoms with Crippen LogP contribution in [0.3, 0.4) is 0 Å². The van der Waals surface area contributed by atoms with Crippen LogP contribution in [0.25, 0.3) is 0 Å². The summed E-state index contributed by atoms with van der Waals surface area (Å²) in [6.07, 6.45) is 5.76. The topological polar surface area (TPSA) is 21.3 Å². The van der Waals surface area contributed by atoms with E-state index >= 15 is 0 Å². The molecule has 0 bridgehead atoms. The highest BCUT2D eigenvalue weighted by atomic mass is 16.5. The molecule has 3 atom stereocenters. The fraction of sp³-hybridized carbons (Fsp3) is 1.00. The third kappa shape index (κ3) is 3.28. The fourth-order valence-corrected chi connectivity index (χ4v) is 2.37. The molecule has 2 nitrogen and oxygen atoms in total. The highest BCUT2D eigenvalue weighted by Crippen LogP contribution is 2.29. The first-order chi connectivity index (χ1) is 6.27. The van der Waals surface area contributed by atoms with Gasteiger partial charge >= 0.3 is 0 Å². The maximum absolute atomic E-state index is 5.31. The van der Waals surface area contributed by atoms with Crippen LogP contribution < -0.4 is 5.32 Å². The largest absolute Gasteiger partial charge is 0.382 e. The van der Waals surface area contributed by atoms with Gasteiger partial charge in [-0.25, -0.2) is 0 Å². The molecular formula is C11H23NO. The van der Waals surface area contributed by atoms with Gasteiger partial charge in [0, 0.05) is 13.2 Å². The molecule has 0 spiro atoms. The van der Waals surface area contributed by atoms with Crippen molar-refractivity contribution in [3.8, 4) is 0 Å². The summed E-state index contributed by atoms with van der Waals surface area (Å²) in [5.74, 6) is 0.842. The Bertz CT molecular complexity index is 138. The summed E-state index contributed by atoms with van der Waals surface area (Å²) in [4.78, 5) is 0. The first kappa shape index (κ1) is 11.0. The molecule has 0 heterocycles. The first-order valence-corrected chi connectivity index (χ1v) is 5.54. The van der Waals surface area contributed by atoms with Crippen molar-refractivity contribution in [2.24, 2.45) is 5.92 Å². The van der Waals surface area contributed by atoms with Gasteiger partial charge in [0.25, 0.3) is 0 Å². The third-order valence-electron chi connectivity index (χ3n) is 3.16. The predicted molar refractivity (Wildman–Crippen MR) is 55.9 cm³/mol. The lowest BCUT2D eigenvalue weighted by Gasteiger charge is -2.22. The molecule has 0 aliphatic heterocycles. The van der Waals surface area contributed by atoms with Gasteiger partial charge in [-0.2, -0.15) is 0 Å². The van der Waals surface area contributed by atoms with Crippen LogP contribution in [0.4, 0.5) is 0 Å². The van der Waals surface area contributed by atoms with Crippen LogP contribution in [0.15, 0.2) is 0 Å². The summed E-state index contributed by atoms with van der Waals surface area (Å²) in [5, 5.41) is 3.57. The normalized spacial score (nSPS) is 30.7. The van der Waals surface area contributed by atoms with E-state index in [-0.39, 0.29) is 0 Å². The van der Waals surface area contributed by atoms with Gasteiger partial charge in [0.1, 0.15) is 0 Å². The van der Waals surface area contributed by atoms with Crippen molar-refractivity contribution in [2.45, 2.75) is 51.7 Å². The molecule has 1 aliphatic carbocycles. The molecule has 3 unspecified atom stereocenters. The van der Waals surface area contributed by atoms with E-state index < -0.39 is 0 Å². The number of nitrogens with one attached hydrogen (secondary N) is 1. The molecule has 78 valence electrons. The van der Waals surface area contributed by atoms with E-state index in [4.69, 9.17) is 4.74 Å². The maximum Gasteiger partial charge on any atom is 0.0546 e. The van der Waals surface area contributed by atoms with Crippen LogP contribution >= 0.6 is 0 Å². The first-order valence-electron chi connectivity index (χ1n) is 5.54. The standard InChI is InChI=1S/C11H23NO/c1-4-12-11-7-5-6-10(11)8-9(2)13-3/h9-12H,4-8H2,1-3H3. The van der Waals surface area contributed by atoms with Crippen molar-refractivity contribution in [3.63, 3.8) is 0 Å². The van der Waals surface area contributed by atoms with E-state index in [0.717, 1.165) is 18.5 Å². The Morgan fingerprint density at radius 2 is 2.23 bits per heavy atom. The minimum atomic E-state index is 0.421. The van der Waals surface area contributed by atoms with Gasteiger partial charge in [-0.3, -0.25) is 0 Å². The van der Waals surface area contributed by atoms with E-state index in [0.29, 0.717) is 6.10 Å². The second kappa shape index (κ2) is 5.61. The number of hydrogen-bond acceptors (Lipinski definition) is 2. The van der Waals surface area contributed by atoms with Gasteiger partial charge in [0.05, 0.1) is 6.10 Å². The molecule has 2 heteroatoms. The van der Waals surface area contributed by atoms with Gasteiger partial charge in [-0.15, -0.1) is 0 Å². The Balaban J connectivity index is 2.30. The Morgan fingerprint density at radius 3 is 2.85 bits per heavy atom. The lowest BCUT2D eigenvalue weighted by atomic mass is 9.96. The van der Waals surface area contributed by atoms with Crippen molar-refractivity contribution in [1.29, 1.82) is 0 Å². The number of rotatable bonds is 5. The quantitative estimate of drug-likeness (QED) is 0.709. The van der Waals surface area contributed by atoms with Crippen molar-refractivity contribution in [2.75, 3.05) is 13.7 Å². The van der Waals surface area contributed by atoms with Crippen LogP contribution in [0.1, 0.15) is 39.5 Å². The van der Waals surface area contributed by atoms with E-state index in [2.05, 4.69) is 19.2 Å². The van der Waals surface area contributed by atoms with Gasteiger partial charge in [0.2, 0.25) is 0 Å². The van der Waals surface area contributed by atoms with Crippen LogP contribution in [0, 0.1) is 5.92 Å². The third-order valence-corrected chi connectivity index (χ3v) is 3.16. The Morgan fingerprint density at radius 1 is 1.46 bits per heavy atom. The molecule has 1 aliphatic rings. The summed E-state index contributed by atoms with van der Waals surface area (Å²) in [6.45, 7) is 5.46. The Hall–Kier alpha value is -0.0800. The van der Waals surface area contributed by atoms with Gasteiger partial charge in [-0.1, -0.05) is 13.3 Å². The summed E-state index contributed by atoms with van der Waals surface area (Å²) in [6, 6.07) is 0.752. The van der Waals surface area contributed by atoms with E-state index in [1.54, 1.807) is 0 Å². The van der Waals surface area contributed by atoms with Gasteiger partial charge < -0.3 is 10.1 Å². The van der Waals surface area contributed by atoms with Gasteiger partial charge in [0.15, 0.2) is 0 Å². The van der Waals surface area contributed by atoms with E-state index in [9.17, 15) is 0 Å². The molecule has 1 saturated carbocycles. The number of hydrogen-bond donors (Lipinski definition) is 1. The second-order valence-electron chi connectivity index (χ2n) is 4.14. The maximum atomic E-state index is 5.31. The molecule has 1 N–H and O–H groups in total. The zero-order valence-corrected chi connectivity index (χ0v) is 9.18. The smallest absolute Gasteiger partial charge is 0.0546 e. The monoisotopic (exact) mass is 185 g/mol. The summed E-state index contributed by atoms with van der Waals surface area (Å²) < 4.78 is 5.31. The molecule has 0 aromatic carbocycles. The van der Waals surface area contributed by atoms with Crippen LogP contribution in [-0.2, 0) is 4.74 Å². The van der Waals surface area contributed by atoms with Crippen molar-refractivity contribution in [1.82, 2.24) is 5.32 Å². The molecule has 0 aromatic rings. The molecule has 1 fully saturated rings. The second-order valence-corrected chi connectivity index (χ2v) is 4.14. The minimum Gasteiger partial charge on any atom is -0.382 e. The zero-order valence-electron chi connectivity index (χ0n) is 9.18. The molecule has 1 rings (SSSR count). The Kier molecular flexibility index (Phi) is 4.74. The predicted octanol–water partition coefficient (Wildman–Crippen LogP) is 2.19. The van der Waals surface area contributed by atoms with Crippen molar-refractivity contribution in [3.05, 3.63) is 0 Å². The molecule has 0 amide bonds. The van der Waals surface area contributed by atoms with Crippen LogP contribution in [-0.4, -0.2) is 25.8 Å². The van der Waals surface area contributed by atoms with Gasteiger partial charge in [-0.05, 0) is 38.6 Å². The van der Waals surface area contributed by atoms with Crippen molar-refractivity contribution < 1.29 is 4.74 Å². The SMILES string of the molecule is CCNC1CCCC1CC(C)OC. The summed E-state index contributed by atoms with van der Waals surface area (Å²) in [5.41, 5.74) is 0. The fourth-order valence-electron chi connectivity index (χ4n) is 2.37. The lowest BCUT2D eigenvalue weighted by Crippen LogP contribution is -2.33. The minimum absolute atomic E-state index is 0.421. The Labute approximate surface area is 82.0 Å². The summed E-state index contributed by atoms with van der Waals surface area (Å²) in [7, 11) is 1.81. The molecular weight excluding hydrogens is 162 g/mol. The number of ether oxygens (including phenoxy) is 1. The summed E-state index contributed by atoms with van der Waals surface area (Å²) >= 11 is 0. The zero-order chi connectivity index (χ0) is 9.68. The molecule has 0 radical (unpaired) electrons. The number of methoxy groups -OCH3 is 1. The van der Waals surface area contributed by atoms with Crippen LogP contribution in [0.5, 0.6) is 0 Å². The van der Waals surface area contributed by atoms with E-state index in [1.165, 1.54) is 25.7 Å². The lowest BCUT2D eigenvalue weighted by molar-refractivity contribution is 0.0913.